The molecular weight excluding hydrogens is 156 g/mol. The molecule has 1 aliphatic rings. The lowest BCUT2D eigenvalue weighted by Crippen LogP contribution is -2.03. The van der Waals surface area contributed by atoms with Crippen LogP contribution in [0, 0.1) is 11.8 Å². The molecule has 0 amide bonds. The maximum atomic E-state index is 5.73. The van der Waals surface area contributed by atoms with E-state index in [-0.39, 0.29) is 0 Å². The van der Waals surface area contributed by atoms with Crippen molar-refractivity contribution in [2.45, 2.75) is 20.3 Å². The van der Waals surface area contributed by atoms with Crippen LogP contribution in [0.5, 0.6) is 0 Å². The van der Waals surface area contributed by atoms with Crippen LogP contribution in [-0.4, -0.2) is 5.88 Å². The molecule has 0 aromatic rings. The molecule has 0 bridgehead atoms. The van der Waals surface area contributed by atoms with E-state index in [1.165, 1.54) is 5.57 Å². The molecule has 0 nitrogen and oxygen atoms in total. The second-order valence-electron chi connectivity index (χ2n) is 3.37. The van der Waals surface area contributed by atoms with Gasteiger partial charge >= 0.3 is 0 Å². The standard InChI is InChI=1S/C10H15Cl/c1-8(2)10-5-3-9(7-11)4-6-10/h3,5-6,8-9H,4,7H2,1-2H3. The minimum absolute atomic E-state index is 0.569. The minimum Gasteiger partial charge on any atom is -0.126 e. The van der Waals surface area contributed by atoms with Crippen LogP contribution in [0.25, 0.3) is 0 Å². The van der Waals surface area contributed by atoms with Gasteiger partial charge in [0.15, 0.2) is 0 Å². The SMILES string of the molecule is CC(C)C1=CCC(CCl)C=C1. The van der Waals surface area contributed by atoms with Crippen molar-refractivity contribution in [1.29, 1.82) is 0 Å². The van der Waals surface area contributed by atoms with E-state index in [4.69, 9.17) is 11.6 Å². The zero-order valence-electron chi connectivity index (χ0n) is 7.18. The zero-order valence-corrected chi connectivity index (χ0v) is 7.93. The monoisotopic (exact) mass is 170 g/mol. The maximum absolute atomic E-state index is 5.73. The zero-order chi connectivity index (χ0) is 8.27. The Morgan fingerprint density at radius 2 is 2.36 bits per heavy atom. The van der Waals surface area contributed by atoms with Gasteiger partial charge < -0.3 is 0 Å². The van der Waals surface area contributed by atoms with E-state index in [9.17, 15) is 0 Å². The van der Waals surface area contributed by atoms with E-state index < -0.39 is 0 Å². The lowest BCUT2D eigenvalue weighted by Gasteiger charge is -2.15. The van der Waals surface area contributed by atoms with Crippen LogP contribution >= 0.6 is 11.6 Å². The summed E-state index contributed by atoms with van der Waals surface area (Å²) in [5, 5.41) is 0. The highest BCUT2D eigenvalue weighted by Gasteiger charge is 2.08. The average Bonchev–Trinajstić information content (AvgIpc) is 2.05. The summed E-state index contributed by atoms with van der Waals surface area (Å²) in [6, 6.07) is 0. The van der Waals surface area contributed by atoms with Gasteiger partial charge in [0, 0.05) is 5.88 Å². The molecule has 1 atom stereocenters. The second-order valence-corrected chi connectivity index (χ2v) is 3.68. The summed E-state index contributed by atoms with van der Waals surface area (Å²) in [4.78, 5) is 0. The Kier molecular flexibility index (Phi) is 3.19. The second kappa shape index (κ2) is 3.96. The summed E-state index contributed by atoms with van der Waals surface area (Å²) in [6.07, 6.45) is 7.86. The molecule has 62 valence electrons. The first-order valence-corrected chi connectivity index (χ1v) is 4.71. The van der Waals surface area contributed by atoms with Gasteiger partial charge in [-0.1, -0.05) is 32.1 Å². The van der Waals surface area contributed by atoms with Gasteiger partial charge in [-0.25, -0.2) is 0 Å². The first kappa shape index (κ1) is 8.86. The maximum Gasteiger partial charge on any atom is 0.0289 e. The Morgan fingerprint density at radius 1 is 1.64 bits per heavy atom. The van der Waals surface area contributed by atoms with Crippen LogP contribution in [0.1, 0.15) is 20.3 Å². The number of alkyl halides is 1. The molecule has 0 N–H and O–H groups in total. The number of allylic oxidation sites excluding steroid dienone is 4. The molecular formula is C10H15Cl. The van der Waals surface area contributed by atoms with Crippen molar-refractivity contribution in [3.8, 4) is 0 Å². The summed E-state index contributed by atoms with van der Waals surface area (Å²) < 4.78 is 0. The van der Waals surface area contributed by atoms with E-state index in [1.54, 1.807) is 0 Å². The number of hydrogen-bond donors (Lipinski definition) is 0. The third kappa shape index (κ3) is 2.37. The highest BCUT2D eigenvalue weighted by molar-refractivity contribution is 6.18. The van der Waals surface area contributed by atoms with Crippen LogP contribution in [0.15, 0.2) is 23.8 Å². The Balaban J connectivity index is 2.53. The third-order valence-electron chi connectivity index (χ3n) is 2.08. The quantitative estimate of drug-likeness (QED) is 0.558. The van der Waals surface area contributed by atoms with Gasteiger partial charge in [0.05, 0.1) is 0 Å². The van der Waals surface area contributed by atoms with E-state index in [1.807, 2.05) is 0 Å². The van der Waals surface area contributed by atoms with Crippen molar-refractivity contribution >= 4 is 11.6 Å². The molecule has 0 fully saturated rings. The van der Waals surface area contributed by atoms with Crippen LogP contribution in [0.2, 0.25) is 0 Å². The van der Waals surface area contributed by atoms with Crippen LogP contribution in [-0.2, 0) is 0 Å². The number of rotatable bonds is 2. The molecule has 0 aromatic heterocycles. The molecule has 0 saturated heterocycles. The van der Waals surface area contributed by atoms with Gasteiger partial charge in [0.1, 0.15) is 0 Å². The van der Waals surface area contributed by atoms with Gasteiger partial charge in [0.2, 0.25) is 0 Å². The van der Waals surface area contributed by atoms with Gasteiger partial charge in [-0.05, 0) is 23.8 Å². The Morgan fingerprint density at radius 3 is 2.73 bits per heavy atom. The molecule has 11 heavy (non-hydrogen) atoms. The molecule has 1 rings (SSSR count). The third-order valence-corrected chi connectivity index (χ3v) is 2.48. The summed E-state index contributed by atoms with van der Waals surface area (Å²) in [6.45, 7) is 4.44. The lowest BCUT2D eigenvalue weighted by molar-refractivity contribution is 0.703. The predicted octanol–water partition coefficient (Wildman–Crippen LogP) is 3.38. The van der Waals surface area contributed by atoms with Gasteiger partial charge in [-0.2, -0.15) is 0 Å². The van der Waals surface area contributed by atoms with Crippen molar-refractivity contribution in [1.82, 2.24) is 0 Å². The Labute approximate surface area is 73.9 Å². The van der Waals surface area contributed by atoms with Crippen LogP contribution in [0.4, 0.5) is 0 Å². The number of halogens is 1. The van der Waals surface area contributed by atoms with E-state index in [0.29, 0.717) is 11.8 Å². The summed E-state index contributed by atoms with van der Waals surface area (Å²) in [5.74, 6) is 1.97. The predicted molar refractivity (Wildman–Crippen MR) is 50.9 cm³/mol. The fourth-order valence-corrected chi connectivity index (χ4v) is 1.45. The highest BCUT2D eigenvalue weighted by Crippen LogP contribution is 2.21. The highest BCUT2D eigenvalue weighted by atomic mass is 35.5. The Hall–Kier alpha value is -0.230. The summed E-state index contributed by atoms with van der Waals surface area (Å²) >= 11 is 5.73. The molecule has 0 aromatic carbocycles. The van der Waals surface area contributed by atoms with E-state index >= 15 is 0 Å². The van der Waals surface area contributed by atoms with Crippen molar-refractivity contribution < 1.29 is 0 Å². The fraction of sp³-hybridized carbons (Fsp3) is 0.600. The van der Waals surface area contributed by atoms with Crippen LogP contribution < -0.4 is 0 Å². The molecule has 0 aliphatic heterocycles. The molecule has 1 heteroatoms. The van der Waals surface area contributed by atoms with Crippen LogP contribution in [0.3, 0.4) is 0 Å². The number of hydrogen-bond acceptors (Lipinski definition) is 0. The first-order valence-electron chi connectivity index (χ1n) is 4.18. The lowest BCUT2D eigenvalue weighted by atomic mass is 9.92. The molecule has 1 unspecified atom stereocenters. The first-order chi connectivity index (χ1) is 5.24. The molecule has 0 radical (unpaired) electrons. The summed E-state index contributed by atoms with van der Waals surface area (Å²) in [7, 11) is 0. The largest absolute Gasteiger partial charge is 0.126 e. The van der Waals surface area contributed by atoms with Crippen molar-refractivity contribution in [2.24, 2.45) is 11.8 Å². The Bertz CT molecular complexity index is 177. The summed E-state index contributed by atoms with van der Waals surface area (Å²) in [5.41, 5.74) is 1.45. The molecule has 0 heterocycles. The average molecular weight is 171 g/mol. The normalized spacial score (nSPS) is 24.0. The molecule has 0 spiro atoms. The minimum atomic E-state index is 0.569. The molecule has 1 aliphatic carbocycles. The van der Waals surface area contributed by atoms with E-state index in [0.717, 1.165) is 12.3 Å². The smallest absolute Gasteiger partial charge is 0.0289 e. The van der Waals surface area contributed by atoms with Gasteiger partial charge in [-0.3, -0.25) is 0 Å². The van der Waals surface area contributed by atoms with Gasteiger partial charge in [0.25, 0.3) is 0 Å². The van der Waals surface area contributed by atoms with Crippen molar-refractivity contribution in [2.75, 3.05) is 5.88 Å². The van der Waals surface area contributed by atoms with Crippen molar-refractivity contribution in [3.05, 3.63) is 23.8 Å². The topological polar surface area (TPSA) is 0 Å². The fourth-order valence-electron chi connectivity index (χ4n) is 1.22. The molecule has 0 saturated carbocycles. The van der Waals surface area contributed by atoms with Crippen molar-refractivity contribution in [3.63, 3.8) is 0 Å². The van der Waals surface area contributed by atoms with E-state index in [2.05, 4.69) is 32.1 Å². The van der Waals surface area contributed by atoms with Gasteiger partial charge in [-0.15, -0.1) is 11.6 Å².